The number of halogens is 4. The van der Waals surface area contributed by atoms with Gasteiger partial charge in [0, 0.05) is 10.7 Å². The van der Waals surface area contributed by atoms with Crippen molar-refractivity contribution in [1.29, 1.82) is 0 Å². The average molecular weight is 410 g/mol. The molecule has 0 bridgehead atoms. The first-order valence-corrected chi connectivity index (χ1v) is 7.57. The molecule has 4 nitrogen and oxygen atoms in total. The molecule has 1 amide bonds. The molecule has 0 aliphatic heterocycles. The van der Waals surface area contributed by atoms with Crippen molar-refractivity contribution in [2.45, 2.75) is 0 Å². The number of hydrogen-bond acceptors (Lipinski definition) is 3. The maximum atomic E-state index is 11.8. The van der Waals surface area contributed by atoms with Crippen molar-refractivity contribution in [3.63, 3.8) is 0 Å². The normalized spacial score (nSPS) is 10.3. The molecule has 0 fully saturated rings. The van der Waals surface area contributed by atoms with Gasteiger partial charge in [-0.3, -0.25) is 4.79 Å². The molecule has 0 atom stereocenters. The monoisotopic (exact) mass is 408 g/mol. The number of nitrogens with one attached hydrogen (secondary N) is 1. The summed E-state index contributed by atoms with van der Waals surface area (Å²) in [6, 6.07) is 6.58. The fraction of sp³-hybridized carbons (Fsp3) is 0.0769. The zero-order valence-electron chi connectivity index (χ0n) is 10.4. The molecule has 0 radical (unpaired) electrons. The highest BCUT2D eigenvalue weighted by Crippen LogP contribution is 2.28. The van der Waals surface area contributed by atoms with E-state index in [-0.39, 0.29) is 17.4 Å². The molecule has 21 heavy (non-hydrogen) atoms. The van der Waals surface area contributed by atoms with Gasteiger partial charge in [-0.15, -0.1) is 0 Å². The molecule has 1 aromatic carbocycles. The number of rotatable bonds is 4. The van der Waals surface area contributed by atoms with Gasteiger partial charge in [0.05, 0.1) is 15.1 Å². The van der Waals surface area contributed by atoms with E-state index < -0.39 is 5.91 Å². The second kappa shape index (κ2) is 7.31. The molecule has 0 aliphatic rings. The average Bonchev–Trinajstić information content (AvgIpc) is 2.41. The lowest BCUT2D eigenvalue weighted by molar-refractivity contribution is -0.118. The van der Waals surface area contributed by atoms with Gasteiger partial charge in [-0.25, -0.2) is 4.98 Å². The number of hydrogen-bond donors (Lipinski definition) is 1. The Hall–Kier alpha value is -1.01. The lowest BCUT2D eigenvalue weighted by Crippen LogP contribution is -2.21. The van der Waals surface area contributed by atoms with Crippen molar-refractivity contribution in [2.24, 2.45) is 0 Å². The third kappa shape index (κ3) is 4.74. The Balaban J connectivity index is 1.96. The number of benzene rings is 1. The Kier molecular flexibility index (Phi) is 5.70. The third-order valence-corrected chi connectivity index (χ3v) is 3.60. The Bertz CT molecular complexity index is 682. The molecular formula is C13H8BrCl3N2O2. The molecule has 0 unspecified atom stereocenters. The lowest BCUT2D eigenvalue weighted by atomic mass is 10.3. The minimum atomic E-state index is -0.411. The number of nitrogens with zero attached hydrogens (tertiary/aromatic N) is 1. The Morgan fingerprint density at radius 2 is 2.00 bits per heavy atom. The van der Waals surface area contributed by atoms with Crippen LogP contribution in [-0.2, 0) is 4.79 Å². The first kappa shape index (κ1) is 16.4. The third-order valence-electron chi connectivity index (χ3n) is 2.32. The minimum absolute atomic E-state index is 0.219. The van der Waals surface area contributed by atoms with E-state index in [0.717, 1.165) is 4.47 Å². The Labute approximate surface area is 144 Å². The van der Waals surface area contributed by atoms with Gasteiger partial charge in [0.25, 0.3) is 5.91 Å². The number of carbonyl (C=O) groups excluding carboxylic acids is 1. The van der Waals surface area contributed by atoms with Gasteiger partial charge in [-0.05, 0) is 24.3 Å². The van der Waals surface area contributed by atoms with Gasteiger partial charge in [-0.1, -0.05) is 50.7 Å². The summed E-state index contributed by atoms with van der Waals surface area (Å²) in [4.78, 5) is 15.7. The number of carbonyl (C=O) groups is 1. The maximum Gasteiger partial charge on any atom is 0.263 e. The van der Waals surface area contributed by atoms with Crippen LogP contribution >= 0.6 is 50.7 Å². The summed E-state index contributed by atoms with van der Waals surface area (Å²) in [5.41, 5.74) is 0. The van der Waals surface area contributed by atoms with Crippen LogP contribution in [0.2, 0.25) is 15.1 Å². The van der Waals surface area contributed by atoms with Crippen molar-refractivity contribution in [2.75, 3.05) is 11.9 Å². The van der Waals surface area contributed by atoms with Crippen molar-refractivity contribution >= 4 is 62.5 Å². The van der Waals surface area contributed by atoms with Crippen molar-refractivity contribution in [3.05, 3.63) is 50.0 Å². The molecule has 0 aliphatic carbocycles. The predicted octanol–water partition coefficient (Wildman–Crippen LogP) is 4.82. The SMILES string of the molecule is O=C(COc1ccc(Br)cc1Cl)Nc1ncc(Cl)cc1Cl. The zero-order valence-corrected chi connectivity index (χ0v) is 14.2. The van der Waals surface area contributed by atoms with E-state index in [9.17, 15) is 4.79 Å². The molecular weight excluding hydrogens is 402 g/mol. The number of amides is 1. The van der Waals surface area contributed by atoms with Crippen LogP contribution in [0.25, 0.3) is 0 Å². The van der Waals surface area contributed by atoms with Gasteiger partial charge in [0.2, 0.25) is 0 Å². The molecule has 110 valence electrons. The van der Waals surface area contributed by atoms with Crippen LogP contribution in [0.1, 0.15) is 0 Å². The Morgan fingerprint density at radius 1 is 1.24 bits per heavy atom. The fourth-order valence-electron chi connectivity index (χ4n) is 1.41. The topological polar surface area (TPSA) is 51.2 Å². The molecule has 1 aromatic heterocycles. The van der Waals surface area contributed by atoms with Crippen LogP contribution in [0.3, 0.4) is 0 Å². The minimum Gasteiger partial charge on any atom is -0.482 e. The number of aromatic nitrogens is 1. The highest BCUT2D eigenvalue weighted by molar-refractivity contribution is 9.10. The van der Waals surface area contributed by atoms with Gasteiger partial charge in [0.15, 0.2) is 12.4 Å². The van der Waals surface area contributed by atoms with Gasteiger partial charge in [0.1, 0.15) is 5.75 Å². The summed E-state index contributed by atoms with van der Waals surface area (Å²) < 4.78 is 6.15. The molecule has 1 N–H and O–H groups in total. The van der Waals surface area contributed by atoms with Crippen LogP contribution in [0, 0.1) is 0 Å². The largest absolute Gasteiger partial charge is 0.482 e. The van der Waals surface area contributed by atoms with Gasteiger partial charge >= 0.3 is 0 Å². The summed E-state index contributed by atoms with van der Waals surface area (Å²) in [7, 11) is 0. The smallest absolute Gasteiger partial charge is 0.263 e. The van der Waals surface area contributed by atoms with E-state index in [4.69, 9.17) is 39.5 Å². The first-order valence-electron chi connectivity index (χ1n) is 5.64. The highest BCUT2D eigenvalue weighted by atomic mass is 79.9. The van der Waals surface area contributed by atoms with E-state index in [0.29, 0.717) is 15.8 Å². The molecule has 2 rings (SSSR count). The quantitative estimate of drug-likeness (QED) is 0.786. The van der Waals surface area contributed by atoms with Crippen molar-refractivity contribution in [1.82, 2.24) is 4.98 Å². The Morgan fingerprint density at radius 3 is 2.67 bits per heavy atom. The van der Waals surface area contributed by atoms with Crippen LogP contribution in [-0.4, -0.2) is 17.5 Å². The van der Waals surface area contributed by atoms with Crippen LogP contribution in [0.15, 0.2) is 34.9 Å². The molecule has 8 heteroatoms. The van der Waals surface area contributed by atoms with E-state index >= 15 is 0 Å². The summed E-state index contributed by atoms with van der Waals surface area (Å²) >= 11 is 20.9. The standard InChI is InChI=1S/C13H8BrCl3N2O2/c14-7-1-2-11(9(16)3-7)21-6-12(20)19-13-10(17)4-8(15)5-18-13/h1-5H,6H2,(H,18,19,20). The molecule has 2 aromatic rings. The summed E-state index contributed by atoms with van der Waals surface area (Å²) in [6.45, 7) is -0.220. The number of pyridine rings is 1. The maximum absolute atomic E-state index is 11.8. The van der Waals surface area contributed by atoms with E-state index in [1.54, 1.807) is 18.2 Å². The molecule has 1 heterocycles. The summed E-state index contributed by atoms with van der Waals surface area (Å²) in [5.74, 6) is 0.215. The van der Waals surface area contributed by atoms with Crippen LogP contribution in [0.5, 0.6) is 5.75 Å². The van der Waals surface area contributed by atoms with E-state index in [1.807, 2.05) is 0 Å². The molecule has 0 saturated heterocycles. The molecule has 0 saturated carbocycles. The summed E-state index contributed by atoms with van der Waals surface area (Å²) in [6.07, 6.45) is 1.38. The number of ether oxygens (including phenoxy) is 1. The second-order valence-electron chi connectivity index (χ2n) is 3.90. The van der Waals surface area contributed by atoms with Gasteiger partial charge < -0.3 is 10.1 Å². The van der Waals surface area contributed by atoms with E-state index in [2.05, 4.69) is 26.2 Å². The predicted molar refractivity (Wildman–Crippen MR) is 87.5 cm³/mol. The fourth-order valence-corrected chi connectivity index (χ4v) is 2.57. The lowest BCUT2D eigenvalue weighted by Gasteiger charge is -2.09. The van der Waals surface area contributed by atoms with Crippen LogP contribution < -0.4 is 10.1 Å². The van der Waals surface area contributed by atoms with E-state index in [1.165, 1.54) is 12.3 Å². The van der Waals surface area contributed by atoms with Gasteiger partial charge in [-0.2, -0.15) is 0 Å². The molecule has 0 spiro atoms. The number of anilines is 1. The van der Waals surface area contributed by atoms with Crippen LogP contribution in [0.4, 0.5) is 5.82 Å². The first-order chi connectivity index (χ1) is 9.95. The highest BCUT2D eigenvalue weighted by Gasteiger charge is 2.10. The van der Waals surface area contributed by atoms with Crippen molar-refractivity contribution in [3.8, 4) is 5.75 Å². The van der Waals surface area contributed by atoms with Crippen molar-refractivity contribution < 1.29 is 9.53 Å². The zero-order chi connectivity index (χ0) is 15.4. The summed E-state index contributed by atoms with van der Waals surface area (Å²) in [5, 5.41) is 3.56. The second-order valence-corrected chi connectivity index (χ2v) is 6.06.